The summed E-state index contributed by atoms with van der Waals surface area (Å²) < 4.78 is 11.7. The van der Waals surface area contributed by atoms with E-state index >= 15 is 0 Å². The van der Waals surface area contributed by atoms with Gasteiger partial charge in [-0.05, 0) is 31.2 Å². The van der Waals surface area contributed by atoms with E-state index in [0.717, 1.165) is 5.56 Å². The van der Waals surface area contributed by atoms with Gasteiger partial charge in [0.05, 0.1) is 17.5 Å². The van der Waals surface area contributed by atoms with Crippen molar-refractivity contribution in [2.24, 2.45) is 5.92 Å². The molecule has 3 rings (SSSR count). The van der Waals surface area contributed by atoms with Gasteiger partial charge >= 0.3 is 13.1 Å². The number of aromatic nitrogens is 2. The van der Waals surface area contributed by atoms with E-state index in [1.165, 1.54) is 30.4 Å². The lowest BCUT2D eigenvalue weighted by atomic mass is 9.64. The van der Waals surface area contributed by atoms with Crippen LogP contribution in [0.1, 0.15) is 56.6 Å². The van der Waals surface area contributed by atoms with Crippen LogP contribution in [0.5, 0.6) is 0 Å². The molecule has 2 heterocycles. The molecule has 1 aliphatic rings. The molecule has 8 nitrogen and oxygen atoms in total. The van der Waals surface area contributed by atoms with Crippen molar-refractivity contribution in [3.63, 3.8) is 0 Å². The van der Waals surface area contributed by atoms with Crippen molar-refractivity contribution in [2.75, 3.05) is 6.61 Å². The molecule has 1 aliphatic heterocycles. The number of carbonyl (C=O) groups excluding carboxylic acids is 3. The normalized spacial score (nSPS) is 20.1. The molecule has 1 N–H and O–H groups in total. The van der Waals surface area contributed by atoms with Crippen molar-refractivity contribution in [3.05, 3.63) is 60.2 Å². The fourth-order valence-corrected chi connectivity index (χ4v) is 5.21. The van der Waals surface area contributed by atoms with Crippen LogP contribution in [0.15, 0.2) is 48.9 Å². The monoisotopic (exact) mass is 511 g/mol. The zero-order valence-electron chi connectivity index (χ0n) is 21.3. The zero-order valence-corrected chi connectivity index (χ0v) is 22.1. The van der Waals surface area contributed by atoms with E-state index in [4.69, 9.17) is 9.31 Å². The molecule has 4 atom stereocenters. The van der Waals surface area contributed by atoms with Crippen molar-refractivity contribution in [3.8, 4) is 0 Å². The summed E-state index contributed by atoms with van der Waals surface area (Å²) in [6.45, 7) is 8.37. The van der Waals surface area contributed by atoms with Gasteiger partial charge < -0.3 is 14.6 Å². The second-order valence-corrected chi connectivity index (χ2v) is 11.4. The molecule has 1 saturated heterocycles. The van der Waals surface area contributed by atoms with Crippen LogP contribution in [-0.4, -0.2) is 57.9 Å². The number of thioether (sulfide) groups is 1. The van der Waals surface area contributed by atoms with Crippen LogP contribution < -0.4 is 5.32 Å². The first-order valence-electron chi connectivity index (χ1n) is 12.3. The van der Waals surface area contributed by atoms with Crippen molar-refractivity contribution < 1.29 is 23.7 Å². The maximum atomic E-state index is 13.7. The molecular weight excluding hydrogens is 477 g/mol. The summed E-state index contributed by atoms with van der Waals surface area (Å²) in [5, 5.41) is 2.67. The highest BCUT2D eigenvalue weighted by Gasteiger charge is 2.40. The molecule has 192 valence electrons. The van der Waals surface area contributed by atoms with Gasteiger partial charge in [-0.25, -0.2) is 4.98 Å². The quantitative estimate of drug-likeness (QED) is 0.481. The maximum Gasteiger partial charge on any atom is 0.531 e. The third kappa shape index (κ3) is 8.45. The zero-order chi connectivity index (χ0) is 26.1. The first kappa shape index (κ1) is 27.9. The van der Waals surface area contributed by atoms with Crippen molar-refractivity contribution in [1.29, 1.82) is 0 Å². The Kier molecular flexibility index (Phi) is 10.5. The van der Waals surface area contributed by atoms with E-state index < -0.39 is 19.1 Å². The third-order valence-electron chi connectivity index (χ3n) is 5.89. The maximum absolute atomic E-state index is 13.7. The molecular formula is C26H34BN3O5S. The van der Waals surface area contributed by atoms with Crippen LogP contribution in [0.2, 0.25) is 5.82 Å². The molecule has 0 saturated carbocycles. The first-order valence-corrected chi connectivity index (χ1v) is 13.3. The second kappa shape index (κ2) is 13.6. The Balaban J connectivity index is 1.81. The molecule has 1 fully saturated rings. The highest BCUT2D eigenvalue weighted by molar-refractivity contribution is 8.01. The lowest BCUT2D eigenvalue weighted by molar-refractivity contribution is -0.135. The van der Waals surface area contributed by atoms with E-state index in [1.807, 2.05) is 44.2 Å². The predicted molar refractivity (Wildman–Crippen MR) is 141 cm³/mol. The van der Waals surface area contributed by atoms with Crippen LogP contribution >= 0.6 is 11.8 Å². The topological polar surface area (TPSA) is 107 Å². The number of nitrogens with one attached hydrogen (secondary N) is 1. The molecule has 1 aromatic carbocycles. The molecule has 0 aliphatic carbocycles. The average molecular weight is 511 g/mol. The molecule has 1 aromatic heterocycles. The third-order valence-corrected chi connectivity index (χ3v) is 7.09. The fourth-order valence-electron chi connectivity index (χ4n) is 4.19. The molecule has 0 bridgehead atoms. The van der Waals surface area contributed by atoms with Crippen LogP contribution in [0.4, 0.5) is 0 Å². The summed E-state index contributed by atoms with van der Waals surface area (Å²) in [5.41, 5.74) is 1.06. The average Bonchev–Trinajstić information content (AvgIpc) is 2.85. The number of ketones is 1. The van der Waals surface area contributed by atoms with E-state index in [-0.39, 0.29) is 46.1 Å². The minimum Gasteiger partial charge on any atom is -0.508 e. The minimum atomic E-state index is -0.817. The van der Waals surface area contributed by atoms with Gasteiger partial charge in [0.1, 0.15) is 5.69 Å². The van der Waals surface area contributed by atoms with Gasteiger partial charge in [-0.3, -0.25) is 19.4 Å². The minimum absolute atomic E-state index is 0.101. The van der Waals surface area contributed by atoms with Crippen LogP contribution in [0.3, 0.4) is 0 Å². The molecule has 0 unspecified atom stereocenters. The highest BCUT2D eigenvalue weighted by Crippen LogP contribution is 2.31. The smallest absolute Gasteiger partial charge is 0.508 e. The number of hydrogen-bond donors (Lipinski definition) is 1. The van der Waals surface area contributed by atoms with Gasteiger partial charge in [0, 0.05) is 36.5 Å². The molecule has 10 heteroatoms. The SMILES string of the molecule is CC(C)C[C@H](CC(=O)[C@H](Cc1ccccc1)NC(=O)c1cnccn1)B1OC[C@@H](C)S[C@H](C)C(=O)O1. The summed E-state index contributed by atoms with van der Waals surface area (Å²) in [4.78, 5) is 47.1. The Hall–Kier alpha value is -2.72. The largest absolute Gasteiger partial charge is 0.531 e. The lowest BCUT2D eigenvalue weighted by Gasteiger charge is -2.30. The van der Waals surface area contributed by atoms with E-state index in [2.05, 4.69) is 29.1 Å². The molecule has 2 aromatic rings. The summed E-state index contributed by atoms with van der Waals surface area (Å²) in [6.07, 6.45) is 5.35. The molecule has 0 spiro atoms. The molecule has 36 heavy (non-hydrogen) atoms. The predicted octanol–water partition coefficient (Wildman–Crippen LogP) is 3.77. The van der Waals surface area contributed by atoms with E-state index in [0.29, 0.717) is 19.4 Å². The Morgan fingerprint density at radius 2 is 1.94 bits per heavy atom. The molecule has 1 amide bonds. The number of rotatable bonds is 10. The number of carbonyl (C=O) groups is 3. The summed E-state index contributed by atoms with van der Waals surface area (Å²) in [7, 11) is -0.817. The van der Waals surface area contributed by atoms with Gasteiger partial charge in [0.15, 0.2) is 5.78 Å². The lowest BCUT2D eigenvalue weighted by Crippen LogP contribution is -2.45. The number of Topliss-reactive ketones (excluding diaryl/α,β-unsaturated/α-hetero) is 1. The van der Waals surface area contributed by atoms with Crippen molar-refractivity contribution >= 4 is 36.5 Å². The Bertz CT molecular complexity index is 1010. The van der Waals surface area contributed by atoms with Gasteiger partial charge in [0.2, 0.25) is 0 Å². The van der Waals surface area contributed by atoms with Gasteiger partial charge in [-0.15, -0.1) is 11.8 Å². The number of benzene rings is 1. The standard InChI is InChI=1S/C26H34BN3O5S/c1-17(2)12-21(27-34-16-18(3)36-19(4)26(33)35-27)14-24(31)22(13-20-8-6-5-7-9-20)30-25(32)23-15-28-10-11-29-23/h5-11,15,17-19,21-22H,12-14,16H2,1-4H3,(H,30,32)/t18-,19-,21-,22+/m1/s1. The van der Waals surface area contributed by atoms with Crippen LogP contribution in [-0.2, 0) is 25.3 Å². The van der Waals surface area contributed by atoms with Gasteiger partial charge in [-0.1, -0.05) is 51.1 Å². The number of nitrogens with zero attached hydrogens (tertiary/aromatic N) is 2. The highest BCUT2D eigenvalue weighted by atomic mass is 32.2. The van der Waals surface area contributed by atoms with E-state index in [9.17, 15) is 14.4 Å². The first-order chi connectivity index (χ1) is 17.2. The molecule has 0 radical (unpaired) electrons. The summed E-state index contributed by atoms with van der Waals surface area (Å²) >= 11 is 1.51. The van der Waals surface area contributed by atoms with Gasteiger partial charge in [-0.2, -0.15) is 0 Å². The Morgan fingerprint density at radius 3 is 2.61 bits per heavy atom. The van der Waals surface area contributed by atoms with Crippen LogP contribution in [0, 0.1) is 5.92 Å². The Morgan fingerprint density at radius 1 is 1.19 bits per heavy atom. The van der Waals surface area contributed by atoms with E-state index in [1.54, 1.807) is 0 Å². The van der Waals surface area contributed by atoms with Gasteiger partial charge in [0.25, 0.3) is 5.91 Å². The number of amides is 1. The summed E-state index contributed by atoms with van der Waals surface area (Å²) in [6, 6.07) is 8.74. The second-order valence-electron chi connectivity index (χ2n) is 9.59. The summed E-state index contributed by atoms with van der Waals surface area (Å²) in [5.74, 6) is -1.04. The van der Waals surface area contributed by atoms with Crippen molar-refractivity contribution in [2.45, 2.75) is 69.3 Å². The van der Waals surface area contributed by atoms with Crippen molar-refractivity contribution in [1.82, 2.24) is 15.3 Å². The number of hydrogen-bond acceptors (Lipinski definition) is 8. The fraction of sp³-hybridized carbons (Fsp3) is 0.500. The van der Waals surface area contributed by atoms with Crippen LogP contribution in [0.25, 0.3) is 0 Å². The Labute approximate surface area is 217 Å².